The van der Waals surface area contributed by atoms with Crippen LogP contribution in [0, 0.1) is 12.3 Å². The lowest BCUT2D eigenvalue weighted by atomic mass is 9.85. The van der Waals surface area contributed by atoms with Crippen LogP contribution in [0.2, 0.25) is 0 Å². The molecule has 0 spiro atoms. The number of carbonyl (C=O) groups is 1. The molecular weight excluding hydrogens is 288 g/mol. The molecule has 3 N–H and O–H groups in total. The lowest BCUT2D eigenvalue weighted by molar-refractivity contribution is 0.0697. The molecule has 0 saturated heterocycles. The number of aryl methyl sites for hydroxylation is 3. The standard InChI is InChI=1S/C19H26N2O2/c1-6-12-7-8-14-16(13(12)9-10-19(3,4)5)17(20)15(18(22)23)11(2)21-14/h7-8H,6,9-10H2,1-5H3,(H2,20,21)(H,22,23). The van der Waals surface area contributed by atoms with E-state index in [1.54, 1.807) is 6.92 Å². The Morgan fingerprint density at radius 3 is 2.48 bits per heavy atom. The van der Waals surface area contributed by atoms with Crippen LogP contribution in [0.3, 0.4) is 0 Å². The summed E-state index contributed by atoms with van der Waals surface area (Å²) in [6, 6.07) is 4.04. The molecule has 0 aliphatic heterocycles. The zero-order chi connectivity index (χ0) is 17.4. The van der Waals surface area contributed by atoms with E-state index in [1.165, 1.54) is 5.56 Å². The number of hydrogen-bond acceptors (Lipinski definition) is 3. The van der Waals surface area contributed by atoms with Crippen LogP contribution in [0.15, 0.2) is 12.1 Å². The number of nitrogens with zero attached hydrogens (tertiary/aromatic N) is 1. The van der Waals surface area contributed by atoms with Gasteiger partial charge in [-0.05, 0) is 48.8 Å². The van der Waals surface area contributed by atoms with Crippen molar-refractivity contribution in [1.82, 2.24) is 4.98 Å². The van der Waals surface area contributed by atoms with Crippen LogP contribution in [0.5, 0.6) is 0 Å². The van der Waals surface area contributed by atoms with Crippen molar-refractivity contribution >= 4 is 22.6 Å². The molecule has 0 aliphatic rings. The number of aromatic carboxylic acids is 1. The summed E-state index contributed by atoms with van der Waals surface area (Å²) in [4.78, 5) is 16.0. The Labute approximate surface area is 137 Å². The van der Waals surface area contributed by atoms with Crippen LogP contribution in [-0.2, 0) is 12.8 Å². The molecule has 2 rings (SSSR count). The van der Waals surface area contributed by atoms with Crippen LogP contribution in [-0.4, -0.2) is 16.1 Å². The predicted molar refractivity (Wildman–Crippen MR) is 95.0 cm³/mol. The third-order valence-electron chi connectivity index (χ3n) is 4.30. The molecule has 124 valence electrons. The van der Waals surface area contributed by atoms with Gasteiger partial charge in [-0.1, -0.05) is 33.8 Å². The fourth-order valence-corrected chi connectivity index (χ4v) is 3.02. The number of aromatic nitrogens is 1. The summed E-state index contributed by atoms with van der Waals surface area (Å²) in [6.07, 6.45) is 2.78. The Bertz CT molecular complexity index is 758. The van der Waals surface area contributed by atoms with Crippen molar-refractivity contribution in [3.63, 3.8) is 0 Å². The number of hydrogen-bond donors (Lipinski definition) is 2. The van der Waals surface area contributed by atoms with E-state index in [1.807, 2.05) is 6.07 Å². The number of fused-ring (bicyclic) bond motifs is 1. The van der Waals surface area contributed by atoms with E-state index in [2.05, 4.69) is 38.7 Å². The van der Waals surface area contributed by atoms with Crippen molar-refractivity contribution in [2.45, 2.75) is 53.9 Å². The van der Waals surface area contributed by atoms with Gasteiger partial charge in [-0.25, -0.2) is 4.79 Å². The second kappa shape index (κ2) is 6.19. The topological polar surface area (TPSA) is 76.2 Å². The molecule has 0 radical (unpaired) electrons. The zero-order valence-electron chi connectivity index (χ0n) is 14.7. The van der Waals surface area contributed by atoms with Crippen LogP contribution in [0.25, 0.3) is 10.9 Å². The fraction of sp³-hybridized carbons (Fsp3) is 0.474. The first kappa shape index (κ1) is 17.3. The average molecular weight is 314 g/mol. The van der Waals surface area contributed by atoms with Gasteiger partial charge < -0.3 is 10.8 Å². The second-order valence-electron chi connectivity index (χ2n) is 7.30. The van der Waals surface area contributed by atoms with Gasteiger partial charge in [0.25, 0.3) is 0 Å². The van der Waals surface area contributed by atoms with E-state index >= 15 is 0 Å². The maximum Gasteiger partial charge on any atom is 0.339 e. The highest BCUT2D eigenvalue weighted by Crippen LogP contribution is 2.33. The molecule has 2 aromatic rings. The Hall–Kier alpha value is -2.10. The van der Waals surface area contributed by atoms with Gasteiger partial charge in [0.2, 0.25) is 0 Å². The molecule has 0 atom stereocenters. The molecular formula is C19H26N2O2. The monoisotopic (exact) mass is 314 g/mol. The van der Waals surface area contributed by atoms with Crippen molar-refractivity contribution in [2.24, 2.45) is 5.41 Å². The molecule has 4 nitrogen and oxygen atoms in total. The third-order valence-corrected chi connectivity index (χ3v) is 4.30. The Morgan fingerprint density at radius 2 is 1.96 bits per heavy atom. The molecule has 0 saturated carbocycles. The Balaban J connectivity index is 2.75. The minimum absolute atomic E-state index is 0.128. The summed E-state index contributed by atoms with van der Waals surface area (Å²) in [6.45, 7) is 10.4. The number of pyridine rings is 1. The highest BCUT2D eigenvalue weighted by molar-refractivity contribution is 6.05. The molecule has 0 fully saturated rings. The first-order chi connectivity index (χ1) is 10.7. The Kier molecular flexibility index (Phi) is 4.64. The first-order valence-corrected chi connectivity index (χ1v) is 8.09. The van der Waals surface area contributed by atoms with Crippen LogP contribution in [0.4, 0.5) is 5.69 Å². The summed E-state index contributed by atoms with van der Waals surface area (Å²) in [5.74, 6) is -1.02. The molecule has 4 heteroatoms. The van der Waals surface area contributed by atoms with E-state index < -0.39 is 5.97 Å². The van der Waals surface area contributed by atoms with Crippen LogP contribution >= 0.6 is 0 Å². The van der Waals surface area contributed by atoms with Crippen LogP contribution < -0.4 is 5.73 Å². The fourth-order valence-electron chi connectivity index (χ4n) is 3.02. The van der Waals surface area contributed by atoms with Crippen molar-refractivity contribution in [3.05, 3.63) is 34.5 Å². The van der Waals surface area contributed by atoms with Gasteiger partial charge in [-0.3, -0.25) is 4.98 Å². The van der Waals surface area contributed by atoms with Crippen molar-refractivity contribution in [1.29, 1.82) is 0 Å². The van der Waals surface area contributed by atoms with E-state index in [-0.39, 0.29) is 11.0 Å². The van der Waals surface area contributed by atoms with Gasteiger partial charge in [-0.15, -0.1) is 0 Å². The molecule has 0 unspecified atom stereocenters. The highest BCUT2D eigenvalue weighted by Gasteiger charge is 2.20. The lowest BCUT2D eigenvalue weighted by Crippen LogP contribution is -2.11. The first-order valence-electron chi connectivity index (χ1n) is 8.09. The second-order valence-corrected chi connectivity index (χ2v) is 7.30. The molecule has 0 amide bonds. The highest BCUT2D eigenvalue weighted by atomic mass is 16.4. The minimum Gasteiger partial charge on any atom is -0.478 e. The predicted octanol–water partition coefficient (Wildman–Crippen LogP) is 4.36. The summed E-state index contributed by atoms with van der Waals surface area (Å²) >= 11 is 0. The van der Waals surface area contributed by atoms with Gasteiger partial charge in [0.15, 0.2) is 0 Å². The number of anilines is 1. The smallest absolute Gasteiger partial charge is 0.339 e. The minimum atomic E-state index is -1.02. The summed E-state index contributed by atoms with van der Waals surface area (Å²) < 4.78 is 0. The lowest BCUT2D eigenvalue weighted by Gasteiger charge is -2.21. The van der Waals surface area contributed by atoms with Gasteiger partial charge in [0, 0.05) is 5.39 Å². The molecule has 1 heterocycles. The molecule has 0 aliphatic carbocycles. The van der Waals surface area contributed by atoms with E-state index in [0.29, 0.717) is 11.4 Å². The molecule has 0 bridgehead atoms. The van der Waals surface area contributed by atoms with Crippen molar-refractivity contribution in [2.75, 3.05) is 5.73 Å². The van der Waals surface area contributed by atoms with E-state index in [0.717, 1.165) is 35.7 Å². The van der Waals surface area contributed by atoms with Gasteiger partial charge in [-0.2, -0.15) is 0 Å². The van der Waals surface area contributed by atoms with Gasteiger partial charge >= 0.3 is 5.97 Å². The number of nitrogen functional groups attached to an aromatic ring is 1. The zero-order valence-corrected chi connectivity index (χ0v) is 14.7. The maximum absolute atomic E-state index is 11.5. The number of carboxylic acids is 1. The summed E-state index contributed by atoms with van der Waals surface area (Å²) in [7, 11) is 0. The Morgan fingerprint density at radius 1 is 1.30 bits per heavy atom. The van der Waals surface area contributed by atoms with E-state index in [4.69, 9.17) is 5.73 Å². The average Bonchev–Trinajstić information content (AvgIpc) is 2.43. The molecule has 1 aromatic carbocycles. The number of nitrogens with two attached hydrogens (primary N) is 1. The van der Waals surface area contributed by atoms with Crippen LogP contribution in [0.1, 0.15) is 61.3 Å². The summed E-state index contributed by atoms with van der Waals surface area (Å²) in [5, 5.41) is 10.3. The van der Waals surface area contributed by atoms with Gasteiger partial charge in [0.1, 0.15) is 5.56 Å². The number of benzene rings is 1. The van der Waals surface area contributed by atoms with E-state index in [9.17, 15) is 9.90 Å². The maximum atomic E-state index is 11.5. The number of rotatable bonds is 4. The molecule has 1 aromatic heterocycles. The van der Waals surface area contributed by atoms with Crippen molar-refractivity contribution in [3.8, 4) is 0 Å². The summed E-state index contributed by atoms with van der Waals surface area (Å²) in [5.41, 5.74) is 10.6. The quantitative estimate of drug-likeness (QED) is 0.879. The third kappa shape index (κ3) is 3.46. The van der Waals surface area contributed by atoms with Crippen molar-refractivity contribution < 1.29 is 9.90 Å². The largest absolute Gasteiger partial charge is 0.478 e. The van der Waals surface area contributed by atoms with Gasteiger partial charge in [0.05, 0.1) is 16.9 Å². The normalized spacial score (nSPS) is 11.9. The SMILES string of the molecule is CCc1ccc2nc(C)c(C(=O)O)c(N)c2c1CCC(C)(C)C. The number of carboxylic acid groups (broad SMARTS) is 1. The molecule has 23 heavy (non-hydrogen) atoms.